The van der Waals surface area contributed by atoms with Gasteiger partial charge in [-0.15, -0.1) is 0 Å². The lowest BCUT2D eigenvalue weighted by molar-refractivity contribution is -0.223. The van der Waals surface area contributed by atoms with E-state index in [2.05, 4.69) is 4.74 Å². The molecule has 0 radical (unpaired) electrons. The zero-order valence-electron chi connectivity index (χ0n) is 14.9. The SMILES string of the molecule is CCc1cc2c(cc1C)C(=O)C1=C(C2=O)C(O)(C(=O)OC)OC1(C)C. The molecule has 6 heteroatoms. The fraction of sp³-hybridized carbons (Fsp3) is 0.421. The van der Waals surface area contributed by atoms with Crippen LogP contribution in [0.1, 0.15) is 52.6 Å². The summed E-state index contributed by atoms with van der Waals surface area (Å²) in [5.41, 5.74) is 0.628. The molecule has 1 aliphatic heterocycles. The number of carbonyl (C=O) groups excluding carboxylic acids is 3. The first-order valence-electron chi connectivity index (χ1n) is 8.07. The van der Waals surface area contributed by atoms with Crippen LogP contribution in [-0.2, 0) is 20.7 Å². The third-order valence-electron chi connectivity index (χ3n) is 4.86. The zero-order valence-corrected chi connectivity index (χ0v) is 14.9. The summed E-state index contributed by atoms with van der Waals surface area (Å²) in [5, 5.41) is 10.8. The van der Waals surface area contributed by atoms with Gasteiger partial charge in [-0.2, -0.15) is 0 Å². The number of Topliss-reactive ketones (excluding diaryl/α,β-unsaturated/α-hetero) is 2. The number of benzene rings is 1. The minimum atomic E-state index is -2.59. The Morgan fingerprint density at radius 3 is 2.28 bits per heavy atom. The molecule has 0 saturated carbocycles. The van der Waals surface area contributed by atoms with Gasteiger partial charge in [-0.05, 0) is 50.5 Å². The van der Waals surface area contributed by atoms with Crippen LogP contribution in [0.3, 0.4) is 0 Å². The summed E-state index contributed by atoms with van der Waals surface area (Å²) >= 11 is 0. The molecular weight excluding hydrogens is 324 g/mol. The molecule has 0 amide bonds. The van der Waals surface area contributed by atoms with Crippen molar-refractivity contribution in [1.29, 1.82) is 0 Å². The summed E-state index contributed by atoms with van der Waals surface area (Å²) in [6.07, 6.45) is 0.690. The van der Waals surface area contributed by atoms with E-state index in [0.717, 1.165) is 18.2 Å². The van der Waals surface area contributed by atoms with Gasteiger partial charge in [0.15, 0.2) is 11.6 Å². The van der Waals surface area contributed by atoms with Crippen molar-refractivity contribution in [3.05, 3.63) is 45.5 Å². The van der Waals surface area contributed by atoms with Crippen molar-refractivity contribution in [3.8, 4) is 0 Å². The van der Waals surface area contributed by atoms with Crippen molar-refractivity contribution in [2.24, 2.45) is 0 Å². The summed E-state index contributed by atoms with van der Waals surface area (Å²) in [6.45, 7) is 6.89. The molecule has 0 fully saturated rings. The smallest absolute Gasteiger partial charge is 0.371 e. The van der Waals surface area contributed by atoms with Crippen molar-refractivity contribution < 1.29 is 29.0 Å². The van der Waals surface area contributed by atoms with Crippen LogP contribution < -0.4 is 0 Å². The Bertz CT molecular complexity index is 861. The summed E-state index contributed by atoms with van der Waals surface area (Å²) in [4.78, 5) is 38.3. The van der Waals surface area contributed by atoms with Gasteiger partial charge in [0.1, 0.15) is 0 Å². The standard InChI is InChI=1S/C19H20O6/c1-6-10-8-12-11(7-9(10)2)15(20)13-14(16(12)21)19(23,17(22)24-5)25-18(13,3)4/h7-8,23H,6H2,1-5H3. The van der Waals surface area contributed by atoms with E-state index in [1.807, 2.05) is 13.8 Å². The highest BCUT2D eigenvalue weighted by molar-refractivity contribution is 6.30. The predicted molar refractivity (Wildman–Crippen MR) is 88.4 cm³/mol. The minimum Gasteiger partial charge on any atom is -0.465 e. The molecule has 1 aliphatic carbocycles. The van der Waals surface area contributed by atoms with E-state index < -0.39 is 28.9 Å². The largest absolute Gasteiger partial charge is 0.465 e. The van der Waals surface area contributed by atoms with Gasteiger partial charge in [-0.1, -0.05) is 6.92 Å². The van der Waals surface area contributed by atoms with Gasteiger partial charge in [0.25, 0.3) is 5.79 Å². The van der Waals surface area contributed by atoms with E-state index in [1.165, 1.54) is 13.8 Å². The Labute approximate surface area is 145 Å². The average molecular weight is 344 g/mol. The van der Waals surface area contributed by atoms with Crippen molar-refractivity contribution in [1.82, 2.24) is 0 Å². The normalized spacial score (nSPS) is 24.2. The molecule has 1 heterocycles. The number of carbonyl (C=O) groups is 3. The van der Waals surface area contributed by atoms with Gasteiger partial charge in [0, 0.05) is 16.7 Å². The molecule has 1 atom stereocenters. The second-order valence-corrected chi connectivity index (χ2v) is 6.83. The monoisotopic (exact) mass is 344 g/mol. The van der Waals surface area contributed by atoms with Crippen LogP contribution in [0.2, 0.25) is 0 Å². The Balaban J connectivity index is 2.31. The maximum atomic E-state index is 13.1. The van der Waals surface area contributed by atoms with Gasteiger partial charge in [0.2, 0.25) is 0 Å². The van der Waals surface area contributed by atoms with Gasteiger partial charge in [-0.3, -0.25) is 9.59 Å². The Kier molecular flexibility index (Phi) is 3.74. The number of hydrogen-bond donors (Lipinski definition) is 1. The molecule has 1 N–H and O–H groups in total. The van der Waals surface area contributed by atoms with E-state index in [9.17, 15) is 19.5 Å². The third-order valence-corrected chi connectivity index (χ3v) is 4.86. The molecule has 25 heavy (non-hydrogen) atoms. The number of aryl methyl sites for hydroxylation is 2. The minimum absolute atomic E-state index is 0.00143. The molecule has 0 aromatic heterocycles. The second kappa shape index (κ2) is 5.34. The van der Waals surface area contributed by atoms with E-state index in [-0.39, 0.29) is 22.3 Å². The second-order valence-electron chi connectivity index (χ2n) is 6.83. The molecule has 1 aromatic rings. The number of ether oxygens (including phenoxy) is 2. The Hall–Kier alpha value is -2.31. The third kappa shape index (κ3) is 2.21. The predicted octanol–water partition coefficient (Wildman–Crippen LogP) is 1.90. The molecule has 3 rings (SSSR count). The Morgan fingerprint density at radius 1 is 1.16 bits per heavy atom. The summed E-state index contributed by atoms with van der Waals surface area (Å²) in [6, 6.07) is 3.33. The summed E-state index contributed by atoms with van der Waals surface area (Å²) < 4.78 is 10.1. The number of esters is 1. The zero-order chi connectivity index (χ0) is 18.7. The Morgan fingerprint density at radius 2 is 1.72 bits per heavy atom. The number of fused-ring (bicyclic) bond motifs is 1. The first-order valence-corrected chi connectivity index (χ1v) is 8.07. The van der Waals surface area contributed by atoms with Crippen LogP contribution in [0.25, 0.3) is 0 Å². The number of rotatable bonds is 2. The first-order chi connectivity index (χ1) is 11.6. The van der Waals surface area contributed by atoms with Gasteiger partial charge in [-0.25, -0.2) is 4.79 Å². The number of aliphatic hydroxyl groups is 1. The van der Waals surface area contributed by atoms with Crippen molar-refractivity contribution in [3.63, 3.8) is 0 Å². The van der Waals surface area contributed by atoms with Gasteiger partial charge in [0.05, 0.1) is 18.3 Å². The molecule has 2 aliphatic rings. The molecule has 1 aromatic carbocycles. The lowest BCUT2D eigenvalue weighted by Gasteiger charge is -2.26. The highest BCUT2D eigenvalue weighted by atomic mass is 16.7. The molecule has 0 saturated heterocycles. The lowest BCUT2D eigenvalue weighted by atomic mass is 9.76. The van der Waals surface area contributed by atoms with Crippen LogP contribution >= 0.6 is 0 Å². The topological polar surface area (TPSA) is 89.9 Å². The molecular formula is C19H20O6. The average Bonchev–Trinajstić information content (AvgIpc) is 2.78. The van der Waals surface area contributed by atoms with Crippen molar-refractivity contribution in [2.75, 3.05) is 7.11 Å². The molecule has 0 spiro atoms. The molecule has 6 nitrogen and oxygen atoms in total. The van der Waals surface area contributed by atoms with Crippen molar-refractivity contribution >= 4 is 17.5 Å². The fourth-order valence-corrected chi connectivity index (χ4v) is 3.66. The first kappa shape index (κ1) is 17.5. The van der Waals surface area contributed by atoms with Crippen LogP contribution in [0.4, 0.5) is 0 Å². The van der Waals surface area contributed by atoms with E-state index in [4.69, 9.17) is 4.74 Å². The van der Waals surface area contributed by atoms with Crippen LogP contribution in [0.5, 0.6) is 0 Å². The van der Waals surface area contributed by atoms with Gasteiger partial charge >= 0.3 is 5.97 Å². The van der Waals surface area contributed by atoms with Crippen molar-refractivity contribution in [2.45, 2.75) is 45.5 Å². The summed E-state index contributed by atoms with van der Waals surface area (Å²) in [5.74, 6) is -4.72. The number of ketones is 2. The quantitative estimate of drug-likeness (QED) is 0.824. The number of methoxy groups -OCH3 is 1. The molecule has 132 valence electrons. The highest BCUT2D eigenvalue weighted by Gasteiger charge is 2.61. The van der Waals surface area contributed by atoms with E-state index in [1.54, 1.807) is 12.1 Å². The van der Waals surface area contributed by atoms with Gasteiger partial charge < -0.3 is 14.6 Å². The molecule has 0 bridgehead atoms. The van der Waals surface area contributed by atoms with Crippen LogP contribution in [-0.4, -0.2) is 41.1 Å². The summed E-state index contributed by atoms with van der Waals surface area (Å²) in [7, 11) is 1.08. The maximum absolute atomic E-state index is 13.1. The van der Waals surface area contributed by atoms with Crippen LogP contribution in [0, 0.1) is 6.92 Å². The highest BCUT2D eigenvalue weighted by Crippen LogP contribution is 2.47. The maximum Gasteiger partial charge on any atom is 0.371 e. The fourth-order valence-electron chi connectivity index (χ4n) is 3.66. The van der Waals surface area contributed by atoms with E-state index >= 15 is 0 Å². The molecule has 1 unspecified atom stereocenters. The van der Waals surface area contributed by atoms with Crippen LogP contribution in [0.15, 0.2) is 23.3 Å². The van der Waals surface area contributed by atoms with E-state index in [0.29, 0.717) is 6.42 Å². The lowest BCUT2D eigenvalue weighted by Crippen LogP contribution is -2.46. The number of hydrogen-bond acceptors (Lipinski definition) is 6.